The smallest absolute Gasteiger partial charge is 0.118 e. The minimum Gasteiger partial charge on any atom is -0.497 e. The molecule has 24 heavy (non-hydrogen) atoms. The van der Waals surface area contributed by atoms with Gasteiger partial charge in [0.15, 0.2) is 0 Å². The maximum atomic E-state index is 10.2. The van der Waals surface area contributed by atoms with Gasteiger partial charge < -0.3 is 19.0 Å². The van der Waals surface area contributed by atoms with Crippen molar-refractivity contribution in [2.24, 2.45) is 0 Å². The Kier molecular flexibility index (Phi) is 7.55. The molecule has 0 aliphatic rings. The van der Waals surface area contributed by atoms with E-state index in [0.717, 1.165) is 17.1 Å². The van der Waals surface area contributed by atoms with Crippen molar-refractivity contribution < 1.29 is 19.0 Å². The van der Waals surface area contributed by atoms with Crippen LogP contribution in [0, 0.1) is 0 Å². The number of aliphatic hydroxyl groups is 1. The number of aliphatic hydroxyl groups excluding tert-OH is 1. The third-order valence-corrected chi connectivity index (χ3v) is 3.54. The third-order valence-electron chi connectivity index (χ3n) is 3.54. The van der Waals surface area contributed by atoms with Crippen LogP contribution in [0.15, 0.2) is 59.7 Å². The SMILES string of the molecule is C=CCOCC(O)CN(Cc1ccc(OC)cc1)Cc1ccco1. The van der Waals surface area contributed by atoms with Crippen LogP contribution in [0.2, 0.25) is 0 Å². The van der Waals surface area contributed by atoms with Gasteiger partial charge in [0.05, 0.1) is 39.2 Å². The number of nitrogens with zero attached hydrogens (tertiary/aromatic N) is 1. The average Bonchev–Trinajstić information content (AvgIpc) is 3.08. The lowest BCUT2D eigenvalue weighted by molar-refractivity contribution is 0.0216. The second-order valence-electron chi connectivity index (χ2n) is 5.58. The van der Waals surface area contributed by atoms with Gasteiger partial charge in [-0.15, -0.1) is 6.58 Å². The number of methoxy groups -OCH3 is 1. The van der Waals surface area contributed by atoms with E-state index < -0.39 is 6.10 Å². The van der Waals surface area contributed by atoms with E-state index in [0.29, 0.717) is 26.2 Å². The van der Waals surface area contributed by atoms with Crippen molar-refractivity contribution in [3.63, 3.8) is 0 Å². The molecule has 0 fully saturated rings. The van der Waals surface area contributed by atoms with Crippen molar-refractivity contribution in [1.29, 1.82) is 0 Å². The first-order chi connectivity index (χ1) is 11.7. The second-order valence-corrected chi connectivity index (χ2v) is 5.58. The molecule has 0 saturated carbocycles. The minimum absolute atomic E-state index is 0.281. The van der Waals surface area contributed by atoms with Crippen molar-refractivity contribution in [2.75, 3.05) is 26.9 Å². The van der Waals surface area contributed by atoms with Crippen LogP contribution in [-0.4, -0.2) is 43.0 Å². The molecule has 0 aliphatic carbocycles. The standard InChI is InChI=1S/C19H25NO4/c1-3-10-23-15-17(21)13-20(14-19-5-4-11-24-19)12-16-6-8-18(22-2)9-7-16/h3-9,11,17,21H,1,10,12-15H2,2H3. The molecule has 1 heterocycles. The van der Waals surface area contributed by atoms with E-state index in [2.05, 4.69) is 11.5 Å². The molecule has 130 valence electrons. The Bertz CT molecular complexity index is 580. The van der Waals surface area contributed by atoms with Gasteiger partial charge in [0, 0.05) is 13.1 Å². The fourth-order valence-corrected chi connectivity index (χ4v) is 2.44. The zero-order chi connectivity index (χ0) is 17.2. The Morgan fingerprint density at radius 3 is 2.67 bits per heavy atom. The lowest BCUT2D eigenvalue weighted by Crippen LogP contribution is -2.34. The molecule has 0 saturated heterocycles. The molecule has 0 bridgehead atoms. The van der Waals surface area contributed by atoms with Crippen molar-refractivity contribution >= 4 is 0 Å². The minimum atomic E-state index is -0.571. The molecule has 2 rings (SSSR count). The average molecular weight is 331 g/mol. The van der Waals surface area contributed by atoms with Gasteiger partial charge in [0.2, 0.25) is 0 Å². The van der Waals surface area contributed by atoms with Gasteiger partial charge in [-0.2, -0.15) is 0 Å². The lowest BCUT2D eigenvalue weighted by atomic mass is 10.2. The first kappa shape index (κ1) is 18.3. The van der Waals surface area contributed by atoms with E-state index in [-0.39, 0.29) is 6.61 Å². The quantitative estimate of drug-likeness (QED) is 0.507. The predicted molar refractivity (Wildman–Crippen MR) is 92.8 cm³/mol. The maximum absolute atomic E-state index is 10.2. The predicted octanol–water partition coefficient (Wildman–Crippen LogP) is 2.85. The highest BCUT2D eigenvalue weighted by atomic mass is 16.5. The largest absolute Gasteiger partial charge is 0.497 e. The number of hydrogen-bond acceptors (Lipinski definition) is 5. The Balaban J connectivity index is 1.96. The van der Waals surface area contributed by atoms with Crippen LogP contribution in [0.1, 0.15) is 11.3 Å². The Morgan fingerprint density at radius 1 is 1.25 bits per heavy atom. The Morgan fingerprint density at radius 2 is 2.04 bits per heavy atom. The summed E-state index contributed by atoms with van der Waals surface area (Å²) >= 11 is 0. The molecule has 0 amide bonds. The normalized spacial score (nSPS) is 12.3. The van der Waals surface area contributed by atoms with Gasteiger partial charge in [-0.1, -0.05) is 18.2 Å². The van der Waals surface area contributed by atoms with Gasteiger partial charge in [0.1, 0.15) is 11.5 Å². The maximum Gasteiger partial charge on any atom is 0.118 e. The number of ether oxygens (including phenoxy) is 2. The highest BCUT2D eigenvalue weighted by Gasteiger charge is 2.14. The second kappa shape index (κ2) is 9.93. The molecule has 5 heteroatoms. The van der Waals surface area contributed by atoms with E-state index >= 15 is 0 Å². The van der Waals surface area contributed by atoms with Crippen molar-refractivity contribution in [1.82, 2.24) is 4.90 Å². The van der Waals surface area contributed by atoms with Crippen molar-refractivity contribution in [3.05, 3.63) is 66.6 Å². The highest BCUT2D eigenvalue weighted by Crippen LogP contribution is 2.15. The summed E-state index contributed by atoms with van der Waals surface area (Å²) in [5, 5.41) is 10.2. The van der Waals surface area contributed by atoms with Gasteiger partial charge in [-0.3, -0.25) is 4.90 Å². The summed E-state index contributed by atoms with van der Waals surface area (Å²) in [5.74, 6) is 1.69. The first-order valence-corrected chi connectivity index (χ1v) is 7.95. The van der Waals surface area contributed by atoms with Crippen LogP contribution in [0.25, 0.3) is 0 Å². The van der Waals surface area contributed by atoms with E-state index in [1.54, 1.807) is 19.4 Å². The van der Waals surface area contributed by atoms with Gasteiger partial charge in [-0.05, 0) is 29.8 Å². The molecule has 0 aliphatic heterocycles. The first-order valence-electron chi connectivity index (χ1n) is 7.95. The molecule has 2 aromatic rings. The summed E-state index contributed by atoms with van der Waals surface area (Å²) in [6.07, 6.45) is 2.76. The number of rotatable bonds is 11. The molecule has 1 unspecified atom stereocenters. The summed E-state index contributed by atoms with van der Waals surface area (Å²) < 4.78 is 15.9. The number of benzene rings is 1. The molecule has 0 radical (unpaired) electrons. The summed E-state index contributed by atoms with van der Waals surface area (Å²) in [4.78, 5) is 2.13. The highest BCUT2D eigenvalue weighted by molar-refractivity contribution is 5.27. The zero-order valence-electron chi connectivity index (χ0n) is 14.1. The van der Waals surface area contributed by atoms with Crippen molar-refractivity contribution in [2.45, 2.75) is 19.2 Å². The van der Waals surface area contributed by atoms with E-state index in [4.69, 9.17) is 13.9 Å². The van der Waals surface area contributed by atoms with E-state index in [9.17, 15) is 5.11 Å². The van der Waals surface area contributed by atoms with Gasteiger partial charge in [-0.25, -0.2) is 0 Å². The molecule has 1 N–H and O–H groups in total. The van der Waals surface area contributed by atoms with E-state index in [1.807, 2.05) is 36.4 Å². The Hall–Kier alpha value is -2.08. The van der Waals surface area contributed by atoms with Crippen LogP contribution >= 0.6 is 0 Å². The molecular formula is C19H25NO4. The summed E-state index contributed by atoms with van der Waals surface area (Å²) in [5.41, 5.74) is 1.14. The van der Waals surface area contributed by atoms with Crippen LogP contribution in [0.5, 0.6) is 5.75 Å². The Labute approximate surface area is 143 Å². The van der Waals surface area contributed by atoms with E-state index in [1.165, 1.54) is 0 Å². The molecule has 1 aromatic carbocycles. The molecular weight excluding hydrogens is 306 g/mol. The molecule has 1 aromatic heterocycles. The summed E-state index contributed by atoms with van der Waals surface area (Å²) in [6, 6.07) is 11.7. The molecule has 0 spiro atoms. The lowest BCUT2D eigenvalue weighted by Gasteiger charge is -2.24. The van der Waals surface area contributed by atoms with Crippen molar-refractivity contribution in [3.8, 4) is 5.75 Å². The van der Waals surface area contributed by atoms with Crippen LogP contribution in [0.4, 0.5) is 0 Å². The van der Waals surface area contributed by atoms with Gasteiger partial charge >= 0.3 is 0 Å². The number of hydrogen-bond donors (Lipinski definition) is 1. The topological polar surface area (TPSA) is 55.1 Å². The number of furan rings is 1. The van der Waals surface area contributed by atoms with Crippen LogP contribution < -0.4 is 4.74 Å². The fraction of sp³-hybridized carbons (Fsp3) is 0.368. The van der Waals surface area contributed by atoms with Crippen LogP contribution in [0.3, 0.4) is 0 Å². The molecule has 1 atom stereocenters. The third kappa shape index (κ3) is 6.20. The summed E-state index contributed by atoms with van der Waals surface area (Å²) in [6.45, 7) is 6.13. The van der Waals surface area contributed by atoms with Crippen LogP contribution in [-0.2, 0) is 17.8 Å². The van der Waals surface area contributed by atoms with Gasteiger partial charge in [0.25, 0.3) is 0 Å². The zero-order valence-corrected chi connectivity index (χ0v) is 14.1. The molecule has 5 nitrogen and oxygen atoms in total. The fourth-order valence-electron chi connectivity index (χ4n) is 2.44. The summed E-state index contributed by atoms with van der Waals surface area (Å²) in [7, 11) is 1.65. The monoisotopic (exact) mass is 331 g/mol.